The second-order valence-electron chi connectivity index (χ2n) is 4.87. The van der Waals surface area contributed by atoms with Crippen LogP contribution in [0.3, 0.4) is 0 Å². The van der Waals surface area contributed by atoms with Gasteiger partial charge in [0, 0.05) is 12.5 Å². The van der Waals surface area contributed by atoms with Crippen molar-refractivity contribution < 1.29 is 10.2 Å². The molecule has 0 aromatic carbocycles. The molecule has 0 aliphatic heterocycles. The molecule has 0 amide bonds. The van der Waals surface area contributed by atoms with E-state index >= 15 is 0 Å². The van der Waals surface area contributed by atoms with Gasteiger partial charge in [0.25, 0.3) is 0 Å². The van der Waals surface area contributed by atoms with Crippen molar-refractivity contribution in [2.75, 3.05) is 6.61 Å². The minimum atomic E-state index is -0.209. The van der Waals surface area contributed by atoms with E-state index < -0.39 is 0 Å². The zero-order chi connectivity index (χ0) is 10.3. The van der Waals surface area contributed by atoms with Gasteiger partial charge >= 0.3 is 0 Å². The average molecular weight is 196 g/mol. The molecule has 80 valence electrons. The molecule has 14 heavy (non-hydrogen) atoms. The fourth-order valence-corrected chi connectivity index (χ4v) is 3.27. The maximum atomic E-state index is 9.65. The Hall–Kier alpha value is -0.340. The maximum Gasteiger partial charge on any atom is 0.0546 e. The zero-order valence-electron chi connectivity index (χ0n) is 9.03. The monoisotopic (exact) mass is 196 g/mol. The first kappa shape index (κ1) is 10.2. The molecule has 2 aliphatic carbocycles. The standard InChI is InChI=1S/C12H20O2/c1-7-11(8(2)14)4-3-9-5-10(6-13)12(7)9/h7-8,10-11,13-14H,3-6H2,1-2H3. The van der Waals surface area contributed by atoms with Crippen LogP contribution in [-0.4, -0.2) is 22.9 Å². The summed E-state index contributed by atoms with van der Waals surface area (Å²) in [6.07, 6.45) is 3.16. The highest BCUT2D eigenvalue weighted by Gasteiger charge is 2.39. The van der Waals surface area contributed by atoms with Crippen molar-refractivity contribution in [1.29, 1.82) is 0 Å². The van der Waals surface area contributed by atoms with Gasteiger partial charge in [0.2, 0.25) is 0 Å². The van der Waals surface area contributed by atoms with Crippen LogP contribution in [0.5, 0.6) is 0 Å². The molecule has 2 N–H and O–H groups in total. The van der Waals surface area contributed by atoms with Gasteiger partial charge in [-0.2, -0.15) is 0 Å². The van der Waals surface area contributed by atoms with Crippen molar-refractivity contribution in [3.8, 4) is 0 Å². The summed E-state index contributed by atoms with van der Waals surface area (Å²) in [4.78, 5) is 0. The second-order valence-corrected chi connectivity index (χ2v) is 4.87. The van der Waals surface area contributed by atoms with Crippen molar-refractivity contribution in [3.63, 3.8) is 0 Å². The molecule has 4 atom stereocenters. The number of hydrogen-bond acceptors (Lipinski definition) is 2. The summed E-state index contributed by atoms with van der Waals surface area (Å²) >= 11 is 0. The van der Waals surface area contributed by atoms with Crippen LogP contribution in [0, 0.1) is 17.8 Å². The highest BCUT2D eigenvalue weighted by Crippen LogP contribution is 2.49. The van der Waals surface area contributed by atoms with Crippen LogP contribution in [0.15, 0.2) is 11.1 Å². The summed E-state index contributed by atoms with van der Waals surface area (Å²) in [6.45, 7) is 4.38. The summed E-state index contributed by atoms with van der Waals surface area (Å²) in [5.41, 5.74) is 3.03. The third-order valence-corrected chi connectivity index (χ3v) is 4.09. The van der Waals surface area contributed by atoms with Crippen LogP contribution in [0.4, 0.5) is 0 Å². The Morgan fingerprint density at radius 1 is 1.50 bits per heavy atom. The fraction of sp³-hybridized carbons (Fsp3) is 0.833. The first-order valence-corrected chi connectivity index (χ1v) is 5.65. The number of rotatable bonds is 2. The largest absolute Gasteiger partial charge is 0.396 e. The SMILES string of the molecule is CC(O)C1CCC2=C(C(CO)C2)C1C. The van der Waals surface area contributed by atoms with Gasteiger partial charge in [0.15, 0.2) is 0 Å². The smallest absolute Gasteiger partial charge is 0.0546 e. The van der Waals surface area contributed by atoms with Crippen molar-refractivity contribution in [3.05, 3.63) is 11.1 Å². The van der Waals surface area contributed by atoms with E-state index in [-0.39, 0.29) is 12.7 Å². The highest BCUT2D eigenvalue weighted by atomic mass is 16.3. The molecular formula is C12H20O2. The van der Waals surface area contributed by atoms with Gasteiger partial charge in [0.05, 0.1) is 6.10 Å². The lowest BCUT2D eigenvalue weighted by molar-refractivity contribution is 0.0771. The average Bonchev–Trinajstić information content (AvgIpc) is 2.07. The van der Waals surface area contributed by atoms with E-state index in [9.17, 15) is 10.2 Å². The van der Waals surface area contributed by atoms with E-state index in [1.165, 1.54) is 5.57 Å². The number of hydrogen-bond donors (Lipinski definition) is 2. The molecule has 2 aliphatic rings. The third-order valence-electron chi connectivity index (χ3n) is 4.09. The molecule has 2 nitrogen and oxygen atoms in total. The zero-order valence-corrected chi connectivity index (χ0v) is 9.03. The van der Waals surface area contributed by atoms with Crippen molar-refractivity contribution in [2.45, 2.75) is 39.2 Å². The summed E-state index contributed by atoms with van der Waals surface area (Å²) in [5, 5.41) is 18.8. The molecule has 0 spiro atoms. The summed E-state index contributed by atoms with van der Waals surface area (Å²) < 4.78 is 0. The lowest BCUT2D eigenvalue weighted by Crippen LogP contribution is -2.37. The van der Waals surface area contributed by atoms with Gasteiger partial charge in [-0.05, 0) is 38.0 Å². The quantitative estimate of drug-likeness (QED) is 0.660. The van der Waals surface area contributed by atoms with Crippen LogP contribution in [0.1, 0.15) is 33.1 Å². The Morgan fingerprint density at radius 2 is 2.21 bits per heavy atom. The lowest BCUT2D eigenvalue weighted by Gasteiger charge is -2.44. The van der Waals surface area contributed by atoms with E-state index in [0.29, 0.717) is 17.8 Å². The van der Waals surface area contributed by atoms with Gasteiger partial charge in [-0.1, -0.05) is 18.1 Å². The molecule has 2 heteroatoms. The molecule has 2 rings (SSSR count). The summed E-state index contributed by atoms with van der Waals surface area (Å²) in [5.74, 6) is 1.29. The van der Waals surface area contributed by atoms with Gasteiger partial charge in [0.1, 0.15) is 0 Å². The minimum absolute atomic E-state index is 0.209. The van der Waals surface area contributed by atoms with Crippen molar-refractivity contribution in [1.82, 2.24) is 0 Å². The minimum Gasteiger partial charge on any atom is -0.396 e. The molecule has 0 radical (unpaired) electrons. The molecule has 0 fully saturated rings. The predicted octanol–water partition coefficient (Wildman–Crippen LogP) is 1.72. The third kappa shape index (κ3) is 1.41. The molecule has 0 saturated heterocycles. The van der Waals surface area contributed by atoms with Crippen LogP contribution in [0.25, 0.3) is 0 Å². The molecular weight excluding hydrogens is 176 g/mol. The van der Waals surface area contributed by atoms with Gasteiger partial charge in [-0.3, -0.25) is 0 Å². The summed E-state index contributed by atoms with van der Waals surface area (Å²) in [6, 6.07) is 0. The van der Waals surface area contributed by atoms with E-state index in [1.54, 1.807) is 5.57 Å². The predicted molar refractivity (Wildman–Crippen MR) is 55.8 cm³/mol. The molecule has 4 unspecified atom stereocenters. The van der Waals surface area contributed by atoms with E-state index in [0.717, 1.165) is 19.3 Å². The second kappa shape index (κ2) is 3.67. The van der Waals surface area contributed by atoms with Crippen molar-refractivity contribution >= 4 is 0 Å². The molecule has 0 aromatic rings. The van der Waals surface area contributed by atoms with E-state index in [2.05, 4.69) is 6.92 Å². The number of allylic oxidation sites excluding steroid dienone is 1. The molecule has 0 aromatic heterocycles. The molecule has 0 bridgehead atoms. The first-order chi connectivity index (χ1) is 6.65. The van der Waals surface area contributed by atoms with E-state index in [4.69, 9.17) is 0 Å². The number of aliphatic hydroxyl groups is 2. The Labute approximate surface area is 85.6 Å². The normalized spacial score (nSPS) is 39.0. The Bertz CT molecular complexity index is 255. The van der Waals surface area contributed by atoms with Crippen LogP contribution in [-0.2, 0) is 0 Å². The summed E-state index contributed by atoms with van der Waals surface area (Å²) in [7, 11) is 0. The van der Waals surface area contributed by atoms with Crippen LogP contribution >= 0.6 is 0 Å². The van der Waals surface area contributed by atoms with Crippen LogP contribution in [0.2, 0.25) is 0 Å². The lowest BCUT2D eigenvalue weighted by atomic mass is 9.62. The maximum absolute atomic E-state index is 9.65. The fourth-order valence-electron chi connectivity index (χ4n) is 3.27. The first-order valence-electron chi connectivity index (χ1n) is 5.65. The topological polar surface area (TPSA) is 40.5 Å². The molecule has 0 saturated carbocycles. The Balaban J connectivity index is 2.14. The van der Waals surface area contributed by atoms with Crippen molar-refractivity contribution in [2.24, 2.45) is 17.8 Å². The Morgan fingerprint density at radius 3 is 2.79 bits per heavy atom. The van der Waals surface area contributed by atoms with Gasteiger partial charge in [-0.25, -0.2) is 0 Å². The Kier molecular flexibility index (Phi) is 2.67. The van der Waals surface area contributed by atoms with Crippen LogP contribution < -0.4 is 0 Å². The molecule has 0 heterocycles. The number of aliphatic hydroxyl groups excluding tert-OH is 2. The van der Waals surface area contributed by atoms with Gasteiger partial charge in [-0.15, -0.1) is 0 Å². The van der Waals surface area contributed by atoms with E-state index in [1.807, 2.05) is 6.92 Å². The highest BCUT2D eigenvalue weighted by molar-refractivity contribution is 5.33. The van der Waals surface area contributed by atoms with Gasteiger partial charge < -0.3 is 10.2 Å².